The molecule has 0 atom stereocenters. The van der Waals surface area contributed by atoms with Crippen molar-refractivity contribution in [3.05, 3.63) is 41.4 Å². The summed E-state index contributed by atoms with van der Waals surface area (Å²) < 4.78 is 5.52. The highest BCUT2D eigenvalue weighted by atomic mass is 35.5. The minimum absolute atomic E-state index is 0.658. The van der Waals surface area contributed by atoms with Crippen LogP contribution in [0.1, 0.15) is 25.3 Å². The molecule has 0 saturated carbocycles. The molecular formula is C12H14ClO. The van der Waals surface area contributed by atoms with Gasteiger partial charge in [-0.25, -0.2) is 0 Å². The van der Waals surface area contributed by atoms with Gasteiger partial charge in [0, 0.05) is 5.02 Å². The monoisotopic (exact) mass is 209 g/mol. The van der Waals surface area contributed by atoms with Gasteiger partial charge in [-0.05, 0) is 36.3 Å². The predicted molar refractivity (Wildman–Crippen MR) is 59.8 cm³/mol. The largest absolute Gasteiger partial charge is 0.494 e. The molecule has 0 saturated heterocycles. The number of benzene rings is 1. The molecule has 0 aromatic heterocycles. The summed E-state index contributed by atoms with van der Waals surface area (Å²) in [5.74, 6) is 0.789. The zero-order chi connectivity index (χ0) is 10.4. The van der Waals surface area contributed by atoms with Crippen molar-refractivity contribution in [2.75, 3.05) is 6.61 Å². The second kappa shape index (κ2) is 5.71. The third kappa shape index (κ3) is 3.43. The number of halogens is 1. The van der Waals surface area contributed by atoms with Crippen LogP contribution in [0.5, 0.6) is 5.75 Å². The van der Waals surface area contributed by atoms with E-state index in [2.05, 4.69) is 19.6 Å². The van der Waals surface area contributed by atoms with E-state index in [9.17, 15) is 0 Å². The second-order valence-corrected chi connectivity index (χ2v) is 3.49. The van der Waals surface area contributed by atoms with Crippen molar-refractivity contribution in [2.45, 2.75) is 19.8 Å². The summed E-state index contributed by atoms with van der Waals surface area (Å²) in [6, 6.07) is 5.49. The first kappa shape index (κ1) is 11.1. The number of hydrogen-bond acceptors (Lipinski definition) is 1. The van der Waals surface area contributed by atoms with Crippen LogP contribution in [0.15, 0.2) is 24.8 Å². The van der Waals surface area contributed by atoms with E-state index in [4.69, 9.17) is 16.3 Å². The predicted octanol–water partition coefficient (Wildman–Crippen LogP) is 3.86. The Labute approximate surface area is 90.3 Å². The highest BCUT2D eigenvalue weighted by Crippen LogP contribution is 2.21. The van der Waals surface area contributed by atoms with Crippen molar-refractivity contribution in [1.29, 1.82) is 0 Å². The van der Waals surface area contributed by atoms with Gasteiger partial charge in [-0.2, -0.15) is 0 Å². The van der Waals surface area contributed by atoms with Gasteiger partial charge in [0.2, 0.25) is 0 Å². The molecule has 1 nitrogen and oxygen atoms in total. The van der Waals surface area contributed by atoms with Crippen LogP contribution in [0.3, 0.4) is 0 Å². The smallest absolute Gasteiger partial charge is 0.121 e. The number of ether oxygens (including phenoxy) is 1. The van der Waals surface area contributed by atoms with Crippen LogP contribution < -0.4 is 4.74 Å². The van der Waals surface area contributed by atoms with Gasteiger partial charge in [0.1, 0.15) is 5.75 Å². The SMILES string of the molecule is C=[C]c1cc(Cl)cc(OCCCC)c1. The van der Waals surface area contributed by atoms with Crippen LogP contribution in [-0.4, -0.2) is 6.61 Å². The van der Waals surface area contributed by atoms with Gasteiger partial charge in [0.15, 0.2) is 0 Å². The molecule has 1 aromatic carbocycles. The van der Waals surface area contributed by atoms with Crippen LogP contribution in [0, 0.1) is 6.08 Å². The molecule has 0 heterocycles. The third-order valence-electron chi connectivity index (χ3n) is 1.84. The van der Waals surface area contributed by atoms with Crippen molar-refractivity contribution < 1.29 is 4.74 Å². The molecule has 0 aliphatic carbocycles. The van der Waals surface area contributed by atoms with Gasteiger partial charge in [-0.1, -0.05) is 31.5 Å². The third-order valence-corrected chi connectivity index (χ3v) is 2.06. The van der Waals surface area contributed by atoms with E-state index in [1.165, 1.54) is 0 Å². The Morgan fingerprint density at radius 1 is 1.43 bits per heavy atom. The fourth-order valence-electron chi connectivity index (χ4n) is 1.08. The Balaban J connectivity index is 2.66. The van der Waals surface area contributed by atoms with Crippen molar-refractivity contribution in [1.82, 2.24) is 0 Å². The molecule has 0 fully saturated rings. The zero-order valence-corrected chi connectivity index (χ0v) is 9.10. The number of unbranched alkanes of at least 4 members (excludes halogenated alkanes) is 1. The van der Waals surface area contributed by atoms with E-state index in [0.717, 1.165) is 30.8 Å². The molecule has 0 N–H and O–H groups in total. The van der Waals surface area contributed by atoms with E-state index in [0.29, 0.717) is 5.02 Å². The Morgan fingerprint density at radius 2 is 2.21 bits per heavy atom. The first-order chi connectivity index (χ1) is 6.76. The topological polar surface area (TPSA) is 9.23 Å². The lowest BCUT2D eigenvalue weighted by molar-refractivity contribution is 0.309. The van der Waals surface area contributed by atoms with Crippen molar-refractivity contribution in [2.24, 2.45) is 0 Å². The van der Waals surface area contributed by atoms with Gasteiger partial charge < -0.3 is 4.74 Å². The van der Waals surface area contributed by atoms with Crippen LogP contribution >= 0.6 is 11.6 Å². The molecule has 75 valence electrons. The highest BCUT2D eigenvalue weighted by Gasteiger charge is 1.98. The fourth-order valence-corrected chi connectivity index (χ4v) is 1.31. The molecule has 0 amide bonds. The molecule has 2 heteroatoms. The Morgan fingerprint density at radius 3 is 2.86 bits per heavy atom. The Hall–Kier alpha value is -0.950. The van der Waals surface area contributed by atoms with Gasteiger partial charge in [0.25, 0.3) is 0 Å². The van der Waals surface area contributed by atoms with Gasteiger partial charge >= 0.3 is 0 Å². The maximum Gasteiger partial charge on any atom is 0.121 e. The molecule has 0 unspecified atom stereocenters. The molecule has 0 bridgehead atoms. The van der Waals surface area contributed by atoms with E-state index >= 15 is 0 Å². The van der Waals surface area contributed by atoms with Crippen LogP contribution in [0.25, 0.3) is 0 Å². The maximum absolute atomic E-state index is 5.89. The molecule has 0 spiro atoms. The Bertz CT molecular complexity index is 307. The van der Waals surface area contributed by atoms with E-state index in [1.807, 2.05) is 6.07 Å². The molecule has 0 aliphatic rings. The average molecular weight is 210 g/mol. The molecule has 1 radical (unpaired) electrons. The summed E-state index contributed by atoms with van der Waals surface area (Å²) in [6.07, 6.45) is 4.97. The Kier molecular flexibility index (Phi) is 4.54. The van der Waals surface area contributed by atoms with Crippen molar-refractivity contribution in [3.63, 3.8) is 0 Å². The lowest BCUT2D eigenvalue weighted by Crippen LogP contribution is -1.96. The lowest BCUT2D eigenvalue weighted by Gasteiger charge is -2.06. The summed E-state index contributed by atoms with van der Waals surface area (Å²) in [6.45, 7) is 6.43. The summed E-state index contributed by atoms with van der Waals surface area (Å²) in [4.78, 5) is 0. The van der Waals surface area contributed by atoms with Crippen LogP contribution in [0.2, 0.25) is 5.02 Å². The molecule has 14 heavy (non-hydrogen) atoms. The quantitative estimate of drug-likeness (QED) is 0.670. The average Bonchev–Trinajstić information content (AvgIpc) is 2.17. The normalized spacial score (nSPS) is 9.86. The van der Waals surface area contributed by atoms with Gasteiger partial charge in [-0.3, -0.25) is 0 Å². The summed E-state index contributed by atoms with van der Waals surface area (Å²) in [5, 5.41) is 0.658. The standard InChI is InChI=1S/C12H14ClO/c1-3-5-6-14-12-8-10(4-2)7-11(13)9-12/h7-9H,2-3,5-6H2,1H3. The van der Waals surface area contributed by atoms with Crippen LogP contribution in [-0.2, 0) is 0 Å². The fraction of sp³-hybridized carbons (Fsp3) is 0.333. The van der Waals surface area contributed by atoms with Crippen molar-refractivity contribution in [3.8, 4) is 5.75 Å². The lowest BCUT2D eigenvalue weighted by atomic mass is 10.2. The molecular weight excluding hydrogens is 196 g/mol. The van der Waals surface area contributed by atoms with Crippen LogP contribution in [0.4, 0.5) is 0 Å². The molecule has 1 aromatic rings. The van der Waals surface area contributed by atoms with Gasteiger partial charge in [0.05, 0.1) is 6.61 Å². The molecule has 0 aliphatic heterocycles. The summed E-state index contributed by atoms with van der Waals surface area (Å²) >= 11 is 5.89. The number of rotatable bonds is 5. The number of hydrogen-bond donors (Lipinski definition) is 0. The first-order valence-corrected chi connectivity index (χ1v) is 5.10. The van der Waals surface area contributed by atoms with E-state index in [1.54, 1.807) is 12.1 Å². The maximum atomic E-state index is 5.89. The molecule has 1 rings (SSSR count). The highest BCUT2D eigenvalue weighted by molar-refractivity contribution is 6.30. The van der Waals surface area contributed by atoms with Gasteiger partial charge in [-0.15, -0.1) is 0 Å². The van der Waals surface area contributed by atoms with Crippen molar-refractivity contribution >= 4 is 11.6 Å². The first-order valence-electron chi connectivity index (χ1n) is 4.72. The summed E-state index contributed by atoms with van der Waals surface area (Å²) in [5.41, 5.74) is 0.865. The van der Waals surface area contributed by atoms with E-state index < -0.39 is 0 Å². The minimum atomic E-state index is 0.658. The van der Waals surface area contributed by atoms with E-state index in [-0.39, 0.29) is 0 Å². The zero-order valence-electron chi connectivity index (χ0n) is 8.35. The summed E-state index contributed by atoms with van der Waals surface area (Å²) in [7, 11) is 0. The second-order valence-electron chi connectivity index (χ2n) is 3.05. The minimum Gasteiger partial charge on any atom is -0.494 e.